The van der Waals surface area contributed by atoms with Crippen LogP contribution in [-0.4, -0.2) is 14.7 Å². The van der Waals surface area contributed by atoms with Gasteiger partial charge in [0.2, 0.25) is 0 Å². The molecule has 6 heteroatoms. The van der Waals surface area contributed by atoms with Crippen molar-refractivity contribution in [3.8, 4) is 21.7 Å². The second-order valence-electron chi connectivity index (χ2n) is 6.21. The first-order valence-electron chi connectivity index (χ1n) is 8.32. The summed E-state index contributed by atoms with van der Waals surface area (Å²) < 4.78 is 29.8. The lowest BCUT2D eigenvalue weighted by Gasteiger charge is -2.15. The van der Waals surface area contributed by atoms with E-state index in [2.05, 4.69) is 4.98 Å². The Morgan fingerprint density at radius 1 is 1.11 bits per heavy atom. The van der Waals surface area contributed by atoms with Gasteiger partial charge in [0.15, 0.2) is 0 Å². The average Bonchev–Trinajstić information content (AvgIpc) is 3.29. The Kier molecular flexibility index (Phi) is 4.59. The minimum Gasteiger partial charge on any atom is -0.383 e. The van der Waals surface area contributed by atoms with E-state index in [1.54, 1.807) is 30.7 Å². The predicted octanol–water partition coefficient (Wildman–Crippen LogP) is 5.18. The van der Waals surface area contributed by atoms with Crippen molar-refractivity contribution in [1.29, 1.82) is 0 Å². The number of thiophene rings is 1. The summed E-state index contributed by atoms with van der Waals surface area (Å²) in [6, 6.07) is 10.9. The first-order chi connectivity index (χ1) is 13.1. The van der Waals surface area contributed by atoms with E-state index in [1.807, 2.05) is 29.1 Å². The van der Waals surface area contributed by atoms with Crippen molar-refractivity contribution < 1.29 is 13.9 Å². The molecule has 1 N–H and O–H groups in total. The Hall–Kier alpha value is -2.83. The van der Waals surface area contributed by atoms with Crippen molar-refractivity contribution in [3.63, 3.8) is 0 Å². The summed E-state index contributed by atoms with van der Waals surface area (Å²) in [5.74, 6) is -1.31. The van der Waals surface area contributed by atoms with E-state index in [4.69, 9.17) is 0 Å². The number of aliphatic hydroxyl groups is 1. The number of hydrogen-bond donors (Lipinski definition) is 1. The summed E-state index contributed by atoms with van der Waals surface area (Å²) in [6.07, 6.45) is 3.97. The Bertz CT molecular complexity index is 1080. The summed E-state index contributed by atoms with van der Waals surface area (Å²) >= 11 is 1.53. The molecule has 3 nitrogen and oxygen atoms in total. The van der Waals surface area contributed by atoms with Crippen molar-refractivity contribution in [2.75, 3.05) is 0 Å². The van der Waals surface area contributed by atoms with Gasteiger partial charge in [0, 0.05) is 54.0 Å². The van der Waals surface area contributed by atoms with Gasteiger partial charge in [0.1, 0.15) is 17.7 Å². The van der Waals surface area contributed by atoms with Crippen LogP contribution in [0.3, 0.4) is 0 Å². The van der Waals surface area contributed by atoms with Crippen molar-refractivity contribution in [2.24, 2.45) is 7.05 Å². The molecule has 0 aliphatic rings. The minimum atomic E-state index is -1.00. The van der Waals surface area contributed by atoms with Gasteiger partial charge < -0.3 is 9.67 Å². The molecule has 1 aromatic carbocycles. The summed E-state index contributed by atoms with van der Waals surface area (Å²) in [5, 5.41) is 13.1. The second-order valence-corrected chi connectivity index (χ2v) is 7.15. The van der Waals surface area contributed by atoms with Gasteiger partial charge in [-0.2, -0.15) is 0 Å². The van der Waals surface area contributed by atoms with E-state index >= 15 is 0 Å². The Morgan fingerprint density at radius 2 is 1.96 bits per heavy atom. The molecule has 3 aromatic heterocycles. The van der Waals surface area contributed by atoms with Crippen LogP contribution in [0.15, 0.2) is 66.4 Å². The first kappa shape index (κ1) is 17.6. The summed E-state index contributed by atoms with van der Waals surface area (Å²) in [5.41, 5.74) is 2.73. The lowest BCUT2D eigenvalue weighted by atomic mass is 9.94. The van der Waals surface area contributed by atoms with Gasteiger partial charge in [-0.15, -0.1) is 11.3 Å². The molecule has 4 aromatic rings. The van der Waals surface area contributed by atoms with Crippen LogP contribution < -0.4 is 0 Å². The number of hydrogen-bond acceptors (Lipinski definition) is 3. The van der Waals surface area contributed by atoms with Crippen LogP contribution in [0.4, 0.5) is 8.78 Å². The number of aliphatic hydroxyl groups excluding tert-OH is 1. The van der Waals surface area contributed by atoms with Gasteiger partial charge in [-0.3, -0.25) is 4.98 Å². The van der Waals surface area contributed by atoms with Crippen molar-refractivity contribution in [1.82, 2.24) is 9.55 Å². The molecular weight excluding hydrogens is 366 g/mol. The second kappa shape index (κ2) is 7.06. The average molecular weight is 382 g/mol. The van der Waals surface area contributed by atoms with Crippen molar-refractivity contribution in [3.05, 3.63) is 89.2 Å². The number of aromatic nitrogens is 2. The molecule has 136 valence electrons. The third-order valence-electron chi connectivity index (χ3n) is 4.47. The smallest absolute Gasteiger partial charge is 0.134 e. The predicted molar refractivity (Wildman–Crippen MR) is 102 cm³/mol. The van der Waals surface area contributed by atoms with E-state index < -0.39 is 17.7 Å². The highest BCUT2D eigenvalue weighted by Crippen LogP contribution is 2.42. The fourth-order valence-corrected chi connectivity index (χ4v) is 4.10. The molecule has 4 rings (SSSR count). The summed E-state index contributed by atoms with van der Waals surface area (Å²) in [6.45, 7) is 0. The van der Waals surface area contributed by atoms with E-state index in [9.17, 15) is 13.9 Å². The fraction of sp³-hybridized carbons (Fsp3) is 0.0952. The number of pyridine rings is 1. The highest BCUT2D eigenvalue weighted by atomic mass is 32.1. The molecule has 27 heavy (non-hydrogen) atoms. The maximum absolute atomic E-state index is 14.5. The number of rotatable bonds is 4. The molecule has 0 aliphatic carbocycles. The number of aryl methyl sites for hydroxylation is 1. The highest BCUT2D eigenvalue weighted by molar-refractivity contribution is 7.13. The van der Waals surface area contributed by atoms with Gasteiger partial charge in [-0.1, -0.05) is 12.1 Å². The molecule has 1 atom stereocenters. The quantitative estimate of drug-likeness (QED) is 0.528. The zero-order valence-corrected chi connectivity index (χ0v) is 15.3. The van der Waals surface area contributed by atoms with E-state index in [-0.39, 0.29) is 5.56 Å². The molecule has 0 fully saturated rings. The third kappa shape index (κ3) is 3.18. The summed E-state index contributed by atoms with van der Waals surface area (Å²) in [4.78, 5) is 5.02. The Morgan fingerprint density at radius 3 is 2.63 bits per heavy atom. The molecule has 0 saturated heterocycles. The monoisotopic (exact) mass is 382 g/mol. The maximum atomic E-state index is 14.5. The van der Waals surface area contributed by atoms with Gasteiger partial charge >= 0.3 is 0 Å². The molecule has 0 bridgehead atoms. The topological polar surface area (TPSA) is 38.0 Å². The van der Waals surface area contributed by atoms with Crippen molar-refractivity contribution in [2.45, 2.75) is 6.10 Å². The molecule has 1 unspecified atom stereocenters. The Labute approximate surface area is 159 Å². The fourth-order valence-electron chi connectivity index (χ4n) is 3.27. The van der Waals surface area contributed by atoms with Crippen LogP contribution in [0.1, 0.15) is 17.2 Å². The lowest BCUT2D eigenvalue weighted by Crippen LogP contribution is -2.03. The molecule has 0 amide bonds. The third-order valence-corrected chi connectivity index (χ3v) is 5.35. The van der Waals surface area contributed by atoms with Crippen LogP contribution in [0, 0.1) is 11.6 Å². The molecule has 0 spiro atoms. The Balaban J connectivity index is 1.98. The van der Waals surface area contributed by atoms with E-state index in [0.29, 0.717) is 16.7 Å². The molecule has 3 heterocycles. The highest BCUT2D eigenvalue weighted by Gasteiger charge is 2.26. The van der Waals surface area contributed by atoms with Gasteiger partial charge in [0.05, 0.1) is 10.6 Å². The van der Waals surface area contributed by atoms with Gasteiger partial charge in [-0.05, 0) is 29.6 Å². The number of benzene rings is 1. The zero-order chi connectivity index (χ0) is 19.0. The lowest BCUT2D eigenvalue weighted by molar-refractivity contribution is 0.221. The number of halogens is 2. The summed E-state index contributed by atoms with van der Waals surface area (Å²) in [7, 11) is 1.85. The largest absolute Gasteiger partial charge is 0.383 e. The standard InChI is InChI=1S/C21H16F2N2OS/c1-25-12-16(15-7-6-14(22)10-17(15)23)19(20(25)18-5-3-9-27-18)21(26)13-4-2-8-24-11-13/h2-12,21,26H,1H3. The minimum absolute atomic E-state index is 0.243. The zero-order valence-electron chi connectivity index (χ0n) is 14.4. The van der Waals surface area contributed by atoms with Crippen LogP contribution in [0.2, 0.25) is 0 Å². The first-order valence-corrected chi connectivity index (χ1v) is 9.20. The van der Waals surface area contributed by atoms with Gasteiger partial charge in [0.25, 0.3) is 0 Å². The van der Waals surface area contributed by atoms with Gasteiger partial charge in [-0.25, -0.2) is 8.78 Å². The van der Waals surface area contributed by atoms with Crippen LogP contribution in [0.5, 0.6) is 0 Å². The van der Waals surface area contributed by atoms with E-state index in [1.165, 1.54) is 23.5 Å². The molecule has 0 saturated carbocycles. The normalized spacial score (nSPS) is 12.3. The molecule has 0 radical (unpaired) electrons. The molecule has 0 aliphatic heterocycles. The van der Waals surface area contributed by atoms with Crippen LogP contribution in [0.25, 0.3) is 21.7 Å². The van der Waals surface area contributed by atoms with Crippen LogP contribution >= 0.6 is 11.3 Å². The van der Waals surface area contributed by atoms with E-state index in [0.717, 1.165) is 16.6 Å². The van der Waals surface area contributed by atoms with Crippen LogP contribution in [-0.2, 0) is 7.05 Å². The number of nitrogens with zero attached hydrogens (tertiary/aromatic N) is 2. The molecular formula is C21H16F2N2OS. The SMILES string of the molecule is Cn1cc(-c2ccc(F)cc2F)c(C(O)c2cccnc2)c1-c1cccs1. The van der Waals surface area contributed by atoms with Crippen molar-refractivity contribution >= 4 is 11.3 Å². The maximum Gasteiger partial charge on any atom is 0.134 e.